The van der Waals surface area contributed by atoms with Gasteiger partial charge < -0.3 is 5.73 Å². The van der Waals surface area contributed by atoms with Crippen molar-refractivity contribution in [3.8, 4) is 12.3 Å². The summed E-state index contributed by atoms with van der Waals surface area (Å²) in [6.45, 7) is 2.34. The van der Waals surface area contributed by atoms with Crippen LogP contribution in [0.5, 0.6) is 0 Å². The second-order valence-corrected chi connectivity index (χ2v) is 1.37. The Morgan fingerprint density at radius 3 is 2.88 bits per heavy atom. The zero-order valence-electron chi connectivity index (χ0n) is 5.02. The first-order valence-corrected chi connectivity index (χ1v) is 2.53. The average Bonchev–Trinajstić information content (AvgIpc) is 1.83. The molecule has 0 fully saturated rings. The van der Waals surface area contributed by atoms with Crippen LogP contribution in [0.3, 0.4) is 0 Å². The minimum Gasteiger partial charge on any atom is -0.387 e. The molecule has 0 saturated heterocycles. The Morgan fingerprint density at radius 1 is 1.88 bits per heavy atom. The standard InChI is InChI=1S/C6H10N2/c1-3-5-8-6(7)4-2/h1H,4-5H2,2H3,(H2,7,8). The van der Waals surface area contributed by atoms with Crippen molar-refractivity contribution in [2.75, 3.05) is 6.54 Å². The Labute approximate surface area is 49.8 Å². The number of nitrogens with zero attached hydrogens (tertiary/aromatic N) is 1. The molecule has 44 valence electrons. The molecule has 0 aliphatic rings. The van der Waals surface area contributed by atoms with Crippen LogP contribution in [0.15, 0.2) is 4.99 Å². The van der Waals surface area contributed by atoms with Gasteiger partial charge >= 0.3 is 0 Å². The van der Waals surface area contributed by atoms with Gasteiger partial charge in [0.15, 0.2) is 0 Å². The number of amidine groups is 1. The Kier molecular flexibility index (Phi) is 3.69. The predicted octanol–water partition coefficient (Wildman–Crippen LogP) is 0.387. The summed E-state index contributed by atoms with van der Waals surface area (Å²) in [5, 5.41) is 0. The van der Waals surface area contributed by atoms with Crippen LogP contribution in [0.1, 0.15) is 13.3 Å². The Bertz CT molecular complexity index is 119. The highest BCUT2D eigenvalue weighted by Gasteiger charge is 1.79. The molecular weight excluding hydrogens is 100 g/mol. The second-order valence-electron chi connectivity index (χ2n) is 1.37. The lowest BCUT2D eigenvalue weighted by Crippen LogP contribution is -2.09. The van der Waals surface area contributed by atoms with Gasteiger partial charge in [-0.3, -0.25) is 4.99 Å². The molecule has 2 N–H and O–H groups in total. The fraction of sp³-hybridized carbons (Fsp3) is 0.500. The molecule has 0 atom stereocenters. The van der Waals surface area contributed by atoms with Crippen LogP contribution in [0.4, 0.5) is 0 Å². The van der Waals surface area contributed by atoms with Gasteiger partial charge in [-0.2, -0.15) is 0 Å². The predicted molar refractivity (Wildman–Crippen MR) is 35.6 cm³/mol. The zero-order chi connectivity index (χ0) is 6.41. The van der Waals surface area contributed by atoms with Gasteiger partial charge in [0.1, 0.15) is 6.54 Å². The molecule has 0 radical (unpaired) electrons. The van der Waals surface area contributed by atoms with Crippen LogP contribution >= 0.6 is 0 Å². The lowest BCUT2D eigenvalue weighted by Gasteiger charge is -1.88. The normalized spacial score (nSPS) is 10.8. The van der Waals surface area contributed by atoms with Gasteiger partial charge in [0.25, 0.3) is 0 Å². The molecule has 0 aliphatic heterocycles. The SMILES string of the molecule is C#CCN=C(N)CC. The monoisotopic (exact) mass is 110 g/mol. The fourth-order valence-electron chi connectivity index (χ4n) is 0.259. The molecule has 0 bridgehead atoms. The molecular formula is C6H10N2. The first-order valence-electron chi connectivity index (χ1n) is 2.53. The highest BCUT2D eigenvalue weighted by atomic mass is 14.8. The van der Waals surface area contributed by atoms with Crippen LogP contribution in [-0.2, 0) is 0 Å². The Morgan fingerprint density at radius 2 is 2.50 bits per heavy atom. The van der Waals surface area contributed by atoms with E-state index in [1.807, 2.05) is 6.92 Å². The molecule has 0 aromatic carbocycles. The van der Waals surface area contributed by atoms with E-state index in [2.05, 4.69) is 10.9 Å². The van der Waals surface area contributed by atoms with E-state index in [4.69, 9.17) is 12.2 Å². The van der Waals surface area contributed by atoms with Gasteiger partial charge in [0.05, 0.1) is 5.84 Å². The van der Waals surface area contributed by atoms with E-state index in [0.717, 1.165) is 6.42 Å². The first kappa shape index (κ1) is 7.03. The third-order valence-electron chi connectivity index (χ3n) is 0.736. The smallest absolute Gasteiger partial charge is 0.101 e. The lowest BCUT2D eigenvalue weighted by atomic mass is 10.4. The molecule has 0 saturated carbocycles. The summed E-state index contributed by atoms with van der Waals surface area (Å²) in [6.07, 6.45) is 5.70. The largest absolute Gasteiger partial charge is 0.387 e. The van der Waals surface area contributed by atoms with Crippen molar-refractivity contribution in [2.45, 2.75) is 13.3 Å². The summed E-state index contributed by atoms with van der Waals surface area (Å²) in [5.41, 5.74) is 5.31. The summed E-state index contributed by atoms with van der Waals surface area (Å²) in [5.74, 6) is 2.99. The average molecular weight is 110 g/mol. The molecule has 8 heavy (non-hydrogen) atoms. The number of aliphatic imine (C=N–C) groups is 1. The molecule has 0 aromatic heterocycles. The zero-order valence-corrected chi connectivity index (χ0v) is 5.02. The van der Waals surface area contributed by atoms with Crippen LogP contribution in [0.25, 0.3) is 0 Å². The van der Waals surface area contributed by atoms with Gasteiger partial charge in [0, 0.05) is 6.42 Å². The first-order chi connectivity index (χ1) is 3.81. The second kappa shape index (κ2) is 4.20. The molecule has 0 unspecified atom stereocenters. The molecule has 0 heterocycles. The lowest BCUT2D eigenvalue weighted by molar-refractivity contribution is 1.17. The van der Waals surface area contributed by atoms with Crippen LogP contribution in [-0.4, -0.2) is 12.4 Å². The molecule has 0 aromatic rings. The van der Waals surface area contributed by atoms with Gasteiger partial charge in [-0.15, -0.1) is 6.42 Å². The van der Waals surface area contributed by atoms with Crippen molar-refractivity contribution < 1.29 is 0 Å². The summed E-state index contributed by atoms with van der Waals surface area (Å²) in [6, 6.07) is 0. The van der Waals surface area contributed by atoms with Crippen LogP contribution in [0.2, 0.25) is 0 Å². The number of hydrogen-bond donors (Lipinski definition) is 1. The van der Waals surface area contributed by atoms with Crippen molar-refractivity contribution in [1.29, 1.82) is 0 Å². The van der Waals surface area contributed by atoms with E-state index in [0.29, 0.717) is 12.4 Å². The quantitative estimate of drug-likeness (QED) is 0.311. The number of hydrogen-bond acceptors (Lipinski definition) is 1. The van der Waals surface area contributed by atoms with Crippen molar-refractivity contribution in [2.24, 2.45) is 10.7 Å². The number of nitrogens with two attached hydrogens (primary N) is 1. The minimum absolute atomic E-state index is 0.402. The van der Waals surface area contributed by atoms with E-state index in [1.54, 1.807) is 0 Å². The van der Waals surface area contributed by atoms with Crippen molar-refractivity contribution in [1.82, 2.24) is 0 Å². The summed E-state index contributed by atoms with van der Waals surface area (Å²) < 4.78 is 0. The maximum atomic E-state index is 5.31. The van der Waals surface area contributed by atoms with E-state index in [-0.39, 0.29) is 0 Å². The highest BCUT2D eigenvalue weighted by Crippen LogP contribution is 1.75. The van der Waals surface area contributed by atoms with Gasteiger partial charge in [-0.1, -0.05) is 12.8 Å². The van der Waals surface area contributed by atoms with E-state index >= 15 is 0 Å². The van der Waals surface area contributed by atoms with Crippen molar-refractivity contribution in [3.05, 3.63) is 0 Å². The molecule has 0 spiro atoms. The number of terminal acetylenes is 1. The summed E-state index contributed by atoms with van der Waals surface area (Å²) >= 11 is 0. The van der Waals surface area contributed by atoms with Gasteiger partial charge in [-0.05, 0) is 0 Å². The molecule has 0 rings (SSSR count). The van der Waals surface area contributed by atoms with Crippen molar-refractivity contribution in [3.63, 3.8) is 0 Å². The maximum absolute atomic E-state index is 5.31. The molecule has 0 aliphatic carbocycles. The summed E-state index contributed by atoms with van der Waals surface area (Å²) in [4.78, 5) is 3.82. The van der Waals surface area contributed by atoms with E-state index in [1.165, 1.54) is 0 Å². The fourth-order valence-corrected chi connectivity index (χ4v) is 0.259. The van der Waals surface area contributed by atoms with Crippen LogP contribution < -0.4 is 5.73 Å². The Hall–Kier alpha value is -0.970. The molecule has 0 amide bonds. The van der Waals surface area contributed by atoms with E-state index < -0.39 is 0 Å². The van der Waals surface area contributed by atoms with Crippen LogP contribution in [0, 0.1) is 12.3 Å². The highest BCUT2D eigenvalue weighted by molar-refractivity contribution is 5.79. The third-order valence-corrected chi connectivity index (χ3v) is 0.736. The molecule has 2 heteroatoms. The van der Waals surface area contributed by atoms with Gasteiger partial charge in [0.2, 0.25) is 0 Å². The van der Waals surface area contributed by atoms with E-state index in [9.17, 15) is 0 Å². The molecule has 2 nitrogen and oxygen atoms in total. The third kappa shape index (κ3) is 3.23. The Balaban J connectivity index is 3.45. The number of rotatable bonds is 2. The van der Waals surface area contributed by atoms with Crippen molar-refractivity contribution >= 4 is 5.84 Å². The van der Waals surface area contributed by atoms with Gasteiger partial charge in [-0.25, -0.2) is 0 Å². The minimum atomic E-state index is 0.402. The summed E-state index contributed by atoms with van der Waals surface area (Å²) in [7, 11) is 0. The maximum Gasteiger partial charge on any atom is 0.101 e. The topological polar surface area (TPSA) is 38.4 Å².